The second-order valence-corrected chi connectivity index (χ2v) is 3.33. The van der Waals surface area contributed by atoms with E-state index >= 15 is 0 Å². The number of aryl methyl sites for hydroxylation is 3. The van der Waals surface area contributed by atoms with Crippen LogP contribution in [0.4, 0.5) is 0 Å². The zero-order chi connectivity index (χ0) is 10.7. The quantitative estimate of drug-likeness (QED) is 0.688. The van der Waals surface area contributed by atoms with Gasteiger partial charge in [0.15, 0.2) is 6.29 Å². The van der Waals surface area contributed by atoms with Crippen molar-refractivity contribution in [2.24, 2.45) is 7.05 Å². The van der Waals surface area contributed by atoms with Gasteiger partial charge in [0.05, 0.1) is 12.5 Å². The van der Waals surface area contributed by atoms with Crippen molar-refractivity contribution in [3.8, 4) is 0 Å². The molecule has 15 heavy (non-hydrogen) atoms. The largest absolute Gasteiger partial charge is 0.338 e. The Hall–Kier alpha value is -1.91. The number of nitrogens with zero attached hydrogens (tertiary/aromatic N) is 4. The summed E-state index contributed by atoms with van der Waals surface area (Å²) < 4.78 is 3.79. The van der Waals surface area contributed by atoms with Gasteiger partial charge in [0.25, 0.3) is 0 Å². The molecule has 5 heteroatoms. The Kier molecular flexibility index (Phi) is 2.62. The van der Waals surface area contributed by atoms with E-state index in [9.17, 15) is 4.79 Å². The SMILES string of the molecule is Cn1ccnc1CCn1cncc1C=O. The van der Waals surface area contributed by atoms with Crippen LogP contribution in [-0.4, -0.2) is 25.4 Å². The summed E-state index contributed by atoms with van der Waals surface area (Å²) in [7, 11) is 1.96. The van der Waals surface area contributed by atoms with Crippen molar-refractivity contribution >= 4 is 6.29 Å². The monoisotopic (exact) mass is 204 g/mol. The van der Waals surface area contributed by atoms with Crippen molar-refractivity contribution in [3.05, 3.63) is 36.4 Å². The van der Waals surface area contributed by atoms with Gasteiger partial charge in [-0.15, -0.1) is 0 Å². The molecule has 0 aliphatic carbocycles. The van der Waals surface area contributed by atoms with E-state index in [4.69, 9.17) is 0 Å². The Bertz CT molecular complexity index is 457. The predicted molar refractivity (Wildman–Crippen MR) is 54.5 cm³/mol. The highest BCUT2D eigenvalue weighted by atomic mass is 16.1. The van der Waals surface area contributed by atoms with Gasteiger partial charge in [-0.25, -0.2) is 9.97 Å². The van der Waals surface area contributed by atoms with Crippen LogP contribution in [-0.2, 0) is 20.0 Å². The van der Waals surface area contributed by atoms with Gasteiger partial charge in [-0.2, -0.15) is 0 Å². The summed E-state index contributed by atoms with van der Waals surface area (Å²) in [5, 5.41) is 0. The normalized spacial score (nSPS) is 10.5. The van der Waals surface area contributed by atoms with E-state index in [0.717, 1.165) is 25.1 Å². The number of imidazole rings is 2. The summed E-state index contributed by atoms with van der Waals surface area (Å²) in [5.74, 6) is 1.00. The molecular formula is C10H12N4O. The maximum absolute atomic E-state index is 10.6. The molecule has 78 valence electrons. The minimum absolute atomic E-state index is 0.601. The molecule has 0 bridgehead atoms. The molecule has 0 aliphatic heterocycles. The second kappa shape index (κ2) is 4.08. The molecule has 2 aromatic rings. The molecule has 2 rings (SSSR count). The minimum atomic E-state index is 0.601. The predicted octanol–water partition coefficient (Wildman–Crippen LogP) is 0.672. The number of carbonyl (C=O) groups excluding carboxylic acids is 1. The molecule has 2 aromatic heterocycles. The third-order valence-corrected chi connectivity index (χ3v) is 2.36. The van der Waals surface area contributed by atoms with Gasteiger partial charge < -0.3 is 9.13 Å². The van der Waals surface area contributed by atoms with Crippen LogP contribution in [0.1, 0.15) is 16.3 Å². The van der Waals surface area contributed by atoms with E-state index in [-0.39, 0.29) is 0 Å². The highest BCUT2D eigenvalue weighted by Gasteiger charge is 2.03. The summed E-state index contributed by atoms with van der Waals surface area (Å²) in [6.45, 7) is 0.721. The molecule has 0 N–H and O–H groups in total. The summed E-state index contributed by atoms with van der Waals surface area (Å²) in [4.78, 5) is 18.8. The second-order valence-electron chi connectivity index (χ2n) is 3.33. The van der Waals surface area contributed by atoms with Crippen LogP contribution < -0.4 is 0 Å². The number of hydrogen-bond donors (Lipinski definition) is 0. The van der Waals surface area contributed by atoms with Gasteiger partial charge in [-0.1, -0.05) is 0 Å². The van der Waals surface area contributed by atoms with Gasteiger partial charge in [-0.3, -0.25) is 4.79 Å². The van der Waals surface area contributed by atoms with E-state index in [1.165, 1.54) is 0 Å². The number of aromatic nitrogens is 4. The number of rotatable bonds is 4. The maximum Gasteiger partial charge on any atom is 0.168 e. The van der Waals surface area contributed by atoms with E-state index in [2.05, 4.69) is 9.97 Å². The molecule has 0 atom stereocenters. The van der Waals surface area contributed by atoms with Crippen LogP contribution in [0.15, 0.2) is 24.9 Å². The first-order valence-electron chi connectivity index (χ1n) is 4.73. The molecular weight excluding hydrogens is 192 g/mol. The van der Waals surface area contributed by atoms with E-state index < -0.39 is 0 Å². The topological polar surface area (TPSA) is 52.7 Å². The smallest absolute Gasteiger partial charge is 0.168 e. The van der Waals surface area contributed by atoms with Crippen LogP contribution in [0.5, 0.6) is 0 Å². The van der Waals surface area contributed by atoms with E-state index in [0.29, 0.717) is 5.69 Å². The molecule has 0 saturated carbocycles. The van der Waals surface area contributed by atoms with Gasteiger partial charge in [-0.05, 0) is 0 Å². The lowest BCUT2D eigenvalue weighted by Gasteiger charge is -2.04. The lowest BCUT2D eigenvalue weighted by molar-refractivity contribution is 0.111. The van der Waals surface area contributed by atoms with Crippen molar-refractivity contribution in [1.82, 2.24) is 19.1 Å². The number of carbonyl (C=O) groups is 1. The molecule has 0 aromatic carbocycles. The summed E-state index contributed by atoms with van der Waals surface area (Å²) >= 11 is 0. The van der Waals surface area contributed by atoms with Crippen molar-refractivity contribution in [1.29, 1.82) is 0 Å². The molecule has 0 spiro atoms. The highest BCUT2D eigenvalue weighted by molar-refractivity contribution is 5.71. The third kappa shape index (κ3) is 1.96. The fourth-order valence-corrected chi connectivity index (χ4v) is 1.47. The fraction of sp³-hybridized carbons (Fsp3) is 0.300. The first-order chi connectivity index (χ1) is 7.31. The van der Waals surface area contributed by atoms with Crippen LogP contribution in [0.3, 0.4) is 0 Å². The highest BCUT2D eigenvalue weighted by Crippen LogP contribution is 2.01. The molecule has 2 heterocycles. The molecule has 5 nitrogen and oxygen atoms in total. The zero-order valence-corrected chi connectivity index (χ0v) is 8.50. The Morgan fingerprint density at radius 2 is 2.40 bits per heavy atom. The summed E-state index contributed by atoms with van der Waals surface area (Å²) in [6, 6.07) is 0. The Morgan fingerprint density at radius 1 is 1.53 bits per heavy atom. The average Bonchev–Trinajstić information content (AvgIpc) is 2.83. The molecule has 0 amide bonds. The Labute approximate surface area is 87.4 Å². The Balaban J connectivity index is 2.05. The van der Waals surface area contributed by atoms with Gasteiger partial charge >= 0.3 is 0 Å². The number of aldehydes is 1. The summed E-state index contributed by atoms with van der Waals surface area (Å²) in [6.07, 6.45) is 8.50. The van der Waals surface area contributed by atoms with Gasteiger partial charge in [0.2, 0.25) is 0 Å². The first kappa shape index (κ1) is 9.64. The third-order valence-electron chi connectivity index (χ3n) is 2.36. The Morgan fingerprint density at radius 3 is 3.07 bits per heavy atom. The maximum atomic E-state index is 10.6. The van der Waals surface area contributed by atoms with Crippen molar-refractivity contribution in [2.45, 2.75) is 13.0 Å². The zero-order valence-electron chi connectivity index (χ0n) is 8.50. The molecule has 0 radical (unpaired) electrons. The molecule has 0 aliphatic rings. The van der Waals surface area contributed by atoms with Crippen molar-refractivity contribution in [3.63, 3.8) is 0 Å². The number of hydrogen-bond acceptors (Lipinski definition) is 3. The minimum Gasteiger partial charge on any atom is -0.338 e. The van der Waals surface area contributed by atoms with Crippen LogP contribution in [0.2, 0.25) is 0 Å². The fourth-order valence-electron chi connectivity index (χ4n) is 1.47. The molecule has 0 fully saturated rings. The van der Waals surface area contributed by atoms with Crippen LogP contribution in [0, 0.1) is 0 Å². The van der Waals surface area contributed by atoms with Gasteiger partial charge in [0.1, 0.15) is 11.5 Å². The first-order valence-corrected chi connectivity index (χ1v) is 4.73. The van der Waals surface area contributed by atoms with E-state index in [1.807, 2.05) is 22.4 Å². The lowest BCUT2D eigenvalue weighted by Crippen LogP contribution is -2.07. The van der Waals surface area contributed by atoms with Crippen molar-refractivity contribution < 1.29 is 4.79 Å². The lowest BCUT2D eigenvalue weighted by atomic mass is 10.4. The van der Waals surface area contributed by atoms with Crippen molar-refractivity contribution in [2.75, 3.05) is 0 Å². The van der Waals surface area contributed by atoms with E-state index in [1.54, 1.807) is 18.7 Å². The summed E-state index contributed by atoms with van der Waals surface area (Å²) in [5.41, 5.74) is 0.601. The molecule has 0 unspecified atom stereocenters. The standard InChI is InChI=1S/C10H12N4O/c1-13-5-3-12-10(13)2-4-14-8-11-6-9(14)7-15/h3,5-8H,2,4H2,1H3. The van der Waals surface area contributed by atoms with Gasteiger partial charge in [0, 0.05) is 32.4 Å². The molecule has 0 saturated heterocycles. The van der Waals surface area contributed by atoms with Crippen LogP contribution >= 0.6 is 0 Å². The average molecular weight is 204 g/mol. The van der Waals surface area contributed by atoms with Crippen LogP contribution in [0.25, 0.3) is 0 Å².